The minimum atomic E-state index is -0.812. The number of rotatable bonds is 5. The molecular formula is C16H22N2O3. The van der Waals surface area contributed by atoms with Crippen molar-refractivity contribution in [3.63, 3.8) is 0 Å². The number of amides is 1. The van der Waals surface area contributed by atoms with Crippen LogP contribution in [0, 0.1) is 5.92 Å². The Morgan fingerprint density at radius 3 is 2.95 bits per heavy atom. The molecule has 0 aromatic heterocycles. The summed E-state index contributed by atoms with van der Waals surface area (Å²) in [5.74, 6) is -0.712. The maximum Gasteiger partial charge on any atom is 0.303 e. The molecule has 1 aliphatic rings. The number of anilines is 1. The molecule has 1 saturated heterocycles. The Morgan fingerprint density at radius 2 is 2.24 bits per heavy atom. The van der Waals surface area contributed by atoms with Crippen molar-refractivity contribution < 1.29 is 14.7 Å². The van der Waals surface area contributed by atoms with Gasteiger partial charge in [0.15, 0.2) is 0 Å². The molecule has 5 nitrogen and oxygen atoms in total. The van der Waals surface area contributed by atoms with Gasteiger partial charge in [-0.3, -0.25) is 9.59 Å². The molecule has 1 aromatic rings. The van der Waals surface area contributed by atoms with Gasteiger partial charge in [0.25, 0.3) is 0 Å². The number of nitrogens with one attached hydrogen (secondary N) is 2. The Morgan fingerprint density at radius 1 is 1.43 bits per heavy atom. The molecule has 0 radical (unpaired) electrons. The van der Waals surface area contributed by atoms with E-state index in [0.29, 0.717) is 12.5 Å². The molecule has 5 heteroatoms. The van der Waals surface area contributed by atoms with E-state index in [4.69, 9.17) is 5.11 Å². The van der Waals surface area contributed by atoms with Crippen LogP contribution in [0.2, 0.25) is 0 Å². The first-order valence-corrected chi connectivity index (χ1v) is 7.39. The minimum Gasteiger partial charge on any atom is -0.481 e. The van der Waals surface area contributed by atoms with Gasteiger partial charge in [-0.1, -0.05) is 12.1 Å². The van der Waals surface area contributed by atoms with E-state index in [1.165, 1.54) is 0 Å². The molecule has 1 aliphatic heterocycles. The maximum atomic E-state index is 12.3. The van der Waals surface area contributed by atoms with E-state index >= 15 is 0 Å². The summed E-state index contributed by atoms with van der Waals surface area (Å²) in [5.41, 5.74) is 1.67. The second-order valence-electron chi connectivity index (χ2n) is 5.66. The molecule has 0 spiro atoms. The maximum absolute atomic E-state index is 12.3. The predicted octanol–water partition coefficient (Wildman–Crippen LogP) is 2.03. The average molecular weight is 290 g/mol. The van der Waals surface area contributed by atoms with Crippen LogP contribution in [0.5, 0.6) is 0 Å². The Hall–Kier alpha value is -1.88. The molecule has 1 fully saturated rings. The van der Waals surface area contributed by atoms with Gasteiger partial charge in [0.1, 0.15) is 0 Å². The number of aliphatic carboxylic acids is 1. The third kappa shape index (κ3) is 4.86. The van der Waals surface area contributed by atoms with Crippen LogP contribution in [0.15, 0.2) is 24.3 Å². The fourth-order valence-electron chi connectivity index (χ4n) is 2.67. The molecule has 3 N–H and O–H groups in total. The number of carboxylic acids is 1. The van der Waals surface area contributed by atoms with Gasteiger partial charge < -0.3 is 15.7 Å². The van der Waals surface area contributed by atoms with Crippen LogP contribution in [0.3, 0.4) is 0 Å². The molecule has 0 saturated carbocycles. The summed E-state index contributed by atoms with van der Waals surface area (Å²) in [6, 6.07) is 7.79. The van der Waals surface area contributed by atoms with Crippen LogP contribution in [0.25, 0.3) is 0 Å². The number of piperidine rings is 1. The predicted molar refractivity (Wildman–Crippen MR) is 81.2 cm³/mol. The van der Waals surface area contributed by atoms with Crippen LogP contribution >= 0.6 is 0 Å². The summed E-state index contributed by atoms with van der Waals surface area (Å²) in [7, 11) is 0. The number of benzene rings is 1. The second kappa shape index (κ2) is 7.22. The fraction of sp³-hybridized carbons (Fsp3) is 0.500. The molecule has 0 bridgehead atoms. The first-order chi connectivity index (χ1) is 10.0. The highest BCUT2D eigenvalue weighted by Crippen LogP contribution is 2.19. The van der Waals surface area contributed by atoms with Crippen molar-refractivity contribution in [2.45, 2.75) is 38.6 Å². The zero-order valence-corrected chi connectivity index (χ0v) is 12.3. The highest BCUT2D eigenvalue weighted by molar-refractivity contribution is 5.92. The molecular weight excluding hydrogens is 268 g/mol. The number of carbonyl (C=O) groups is 2. The molecule has 114 valence electrons. The third-order valence-electron chi connectivity index (χ3n) is 3.82. The van der Waals surface area contributed by atoms with Crippen molar-refractivity contribution in [3.8, 4) is 0 Å². The molecule has 2 unspecified atom stereocenters. The Kier molecular flexibility index (Phi) is 5.33. The van der Waals surface area contributed by atoms with Crippen molar-refractivity contribution >= 4 is 17.6 Å². The highest BCUT2D eigenvalue weighted by Gasteiger charge is 2.24. The first-order valence-electron chi connectivity index (χ1n) is 7.39. The summed E-state index contributed by atoms with van der Waals surface area (Å²) in [6.07, 6.45) is 2.28. The minimum absolute atomic E-state index is 0.0453. The van der Waals surface area contributed by atoms with Crippen molar-refractivity contribution in [2.24, 2.45) is 5.92 Å². The third-order valence-corrected chi connectivity index (χ3v) is 3.82. The van der Waals surface area contributed by atoms with Crippen molar-refractivity contribution in [1.29, 1.82) is 0 Å². The van der Waals surface area contributed by atoms with Crippen molar-refractivity contribution in [2.75, 3.05) is 11.9 Å². The van der Waals surface area contributed by atoms with E-state index < -0.39 is 5.97 Å². The van der Waals surface area contributed by atoms with Gasteiger partial charge in [0, 0.05) is 24.1 Å². The highest BCUT2D eigenvalue weighted by atomic mass is 16.4. The smallest absolute Gasteiger partial charge is 0.303 e. The summed E-state index contributed by atoms with van der Waals surface area (Å²) < 4.78 is 0. The van der Waals surface area contributed by atoms with Gasteiger partial charge in [-0.05, 0) is 50.4 Å². The molecule has 2 atom stereocenters. The molecule has 1 aromatic carbocycles. The Balaban J connectivity index is 1.94. The van der Waals surface area contributed by atoms with Gasteiger partial charge in [-0.15, -0.1) is 0 Å². The van der Waals surface area contributed by atoms with E-state index in [1.807, 2.05) is 24.3 Å². The van der Waals surface area contributed by atoms with Gasteiger partial charge in [0.2, 0.25) is 5.91 Å². The van der Waals surface area contributed by atoms with Gasteiger partial charge in [0.05, 0.1) is 0 Å². The lowest BCUT2D eigenvalue weighted by molar-refractivity contribution is -0.137. The standard InChI is InChI=1S/C16H22N2O3/c1-11-9-13(7-8-17-11)16(21)18-14-4-2-3-12(10-14)5-6-15(19)20/h2-4,10-11,13,17H,5-9H2,1H3,(H,18,21)(H,19,20). The van der Waals surface area contributed by atoms with Gasteiger partial charge in [-0.25, -0.2) is 0 Å². The summed E-state index contributed by atoms with van der Waals surface area (Å²) in [5, 5.41) is 15.0. The summed E-state index contributed by atoms with van der Waals surface area (Å²) in [6.45, 7) is 2.96. The van der Waals surface area contributed by atoms with Crippen LogP contribution in [0.4, 0.5) is 5.69 Å². The second-order valence-corrected chi connectivity index (χ2v) is 5.66. The lowest BCUT2D eigenvalue weighted by Gasteiger charge is -2.27. The molecule has 21 heavy (non-hydrogen) atoms. The van der Waals surface area contributed by atoms with Crippen molar-refractivity contribution in [3.05, 3.63) is 29.8 Å². The number of aryl methyl sites for hydroxylation is 1. The fourth-order valence-corrected chi connectivity index (χ4v) is 2.67. The van der Waals surface area contributed by atoms with Crippen LogP contribution in [-0.4, -0.2) is 29.6 Å². The zero-order valence-electron chi connectivity index (χ0n) is 12.3. The SMILES string of the molecule is CC1CC(C(=O)Nc2cccc(CCC(=O)O)c2)CCN1. The van der Waals surface area contributed by atoms with E-state index in [-0.39, 0.29) is 18.2 Å². The first kappa shape index (κ1) is 15.5. The van der Waals surface area contributed by atoms with E-state index in [1.54, 1.807) is 0 Å². The quantitative estimate of drug-likeness (QED) is 0.775. The molecule has 1 amide bonds. The average Bonchev–Trinajstić information content (AvgIpc) is 2.45. The largest absolute Gasteiger partial charge is 0.481 e. The van der Waals surface area contributed by atoms with Crippen LogP contribution < -0.4 is 10.6 Å². The van der Waals surface area contributed by atoms with Gasteiger partial charge in [-0.2, -0.15) is 0 Å². The summed E-state index contributed by atoms with van der Waals surface area (Å²) >= 11 is 0. The Bertz CT molecular complexity index is 516. The monoisotopic (exact) mass is 290 g/mol. The summed E-state index contributed by atoms with van der Waals surface area (Å²) in [4.78, 5) is 22.9. The van der Waals surface area contributed by atoms with E-state index in [2.05, 4.69) is 17.6 Å². The number of carboxylic acid groups (broad SMARTS) is 1. The number of hydrogen-bond donors (Lipinski definition) is 3. The molecule has 1 heterocycles. The lowest BCUT2D eigenvalue weighted by atomic mass is 9.92. The van der Waals surface area contributed by atoms with E-state index in [0.717, 1.165) is 30.6 Å². The normalized spacial score (nSPS) is 21.8. The van der Waals surface area contributed by atoms with Crippen molar-refractivity contribution in [1.82, 2.24) is 5.32 Å². The van der Waals surface area contributed by atoms with E-state index in [9.17, 15) is 9.59 Å². The van der Waals surface area contributed by atoms with Crippen LogP contribution in [-0.2, 0) is 16.0 Å². The zero-order chi connectivity index (χ0) is 15.2. The molecule has 2 rings (SSSR count). The number of carbonyl (C=O) groups excluding carboxylic acids is 1. The molecule has 0 aliphatic carbocycles. The number of hydrogen-bond acceptors (Lipinski definition) is 3. The Labute approximate surface area is 124 Å². The lowest BCUT2D eigenvalue weighted by Crippen LogP contribution is -2.40. The van der Waals surface area contributed by atoms with Gasteiger partial charge >= 0.3 is 5.97 Å². The topological polar surface area (TPSA) is 78.4 Å². The van der Waals surface area contributed by atoms with Crippen LogP contribution in [0.1, 0.15) is 31.7 Å².